The Labute approximate surface area is 99.7 Å². The van der Waals surface area contributed by atoms with Gasteiger partial charge in [0.2, 0.25) is 0 Å². The number of hydrogen-bond acceptors (Lipinski definition) is 3. The van der Waals surface area contributed by atoms with Crippen molar-refractivity contribution in [2.24, 2.45) is 5.92 Å². The summed E-state index contributed by atoms with van der Waals surface area (Å²) >= 11 is 1.65. The van der Waals surface area contributed by atoms with E-state index in [0.29, 0.717) is 6.42 Å². The maximum absolute atomic E-state index is 11.4. The molecule has 1 fully saturated rings. The van der Waals surface area contributed by atoms with Crippen molar-refractivity contribution in [1.82, 2.24) is 0 Å². The number of hydrogen-bond donors (Lipinski definition) is 0. The zero-order valence-electron chi connectivity index (χ0n) is 9.14. The molecule has 0 heterocycles. The number of nitrogens with zero attached hydrogens (tertiary/aromatic N) is 1. The zero-order chi connectivity index (χ0) is 11.5. The number of carbonyl (C=O) groups is 1. The summed E-state index contributed by atoms with van der Waals surface area (Å²) in [6.07, 6.45) is 1.39. The largest absolute Gasteiger partial charge is 0.298 e. The van der Waals surface area contributed by atoms with Gasteiger partial charge in [0.15, 0.2) is 5.78 Å². The highest BCUT2D eigenvalue weighted by atomic mass is 32.2. The number of carbonyl (C=O) groups excluding carboxylic acids is 1. The summed E-state index contributed by atoms with van der Waals surface area (Å²) in [5.41, 5.74) is 1.23. The van der Waals surface area contributed by atoms with Crippen LogP contribution in [0.5, 0.6) is 0 Å². The third-order valence-corrected chi connectivity index (χ3v) is 4.20. The number of nitriles is 1. The number of thioether (sulfide) groups is 1. The first kappa shape index (κ1) is 11.2. The molecule has 1 saturated carbocycles. The predicted molar refractivity (Wildman–Crippen MR) is 64.2 cm³/mol. The molecule has 2 nitrogen and oxygen atoms in total. The molecule has 0 radical (unpaired) electrons. The van der Waals surface area contributed by atoms with Crippen LogP contribution in [0.4, 0.5) is 0 Å². The lowest BCUT2D eigenvalue weighted by Crippen LogP contribution is -2.13. The molecular formula is C13H13NOS. The second kappa shape index (κ2) is 4.71. The Kier molecular flexibility index (Phi) is 3.31. The standard InChI is InChI=1S/C13H13NOS/c1-9-2-4-10(5-3-9)16-13-7-6-12(15)11(13)8-14/h2-5,11,13H,6-7H2,1H3/t11-,13+/m0/s1. The third-order valence-electron chi connectivity index (χ3n) is 2.84. The minimum Gasteiger partial charge on any atom is -0.298 e. The Balaban J connectivity index is 2.08. The van der Waals surface area contributed by atoms with Crippen LogP contribution in [-0.4, -0.2) is 11.0 Å². The molecule has 2 rings (SSSR count). The molecule has 1 aromatic carbocycles. The quantitative estimate of drug-likeness (QED) is 0.785. The van der Waals surface area contributed by atoms with Gasteiger partial charge in [-0.05, 0) is 25.5 Å². The Hall–Kier alpha value is -1.27. The van der Waals surface area contributed by atoms with E-state index in [1.807, 2.05) is 6.92 Å². The molecule has 0 aromatic heterocycles. The van der Waals surface area contributed by atoms with Gasteiger partial charge in [0.05, 0.1) is 6.07 Å². The Morgan fingerprint density at radius 3 is 2.69 bits per heavy atom. The van der Waals surface area contributed by atoms with Crippen LogP contribution in [0.15, 0.2) is 29.2 Å². The number of rotatable bonds is 2. The predicted octanol–water partition coefficient (Wildman–Crippen LogP) is 2.96. The lowest BCUT2D eigenvalue weighted by atomic mass is 10.1. The molecule has 1 aromatic rings. The van der Waals surface area contributed by atoms with Crippen molar-refractivity contribution in [1.29, 1.82) is 5.26 Å². The van der Waals surface area contributed by atoms with Gasteiger partial charge >= 0.3 is 0 Å². The second-order valence-electron chi connectivity index (χ2n) is 4.08. The minimum absolute atomic E-state index is 0.104. The fraction of sp³-hybridized carbons (Fsp3) is 0.385. The summed E-state index contributed by atoms with van der Waals surface area (Å²) in [6, 6.07) is 10.3. The molecule has 2 atom stereocenters. The first-order valence-electron chi connectivity index (χ1n) is 5.36. The molecule has 82 valence electrons. The number of ketones is 1. The molecule has 1 aliphatic carbocycles. The van der Waals surface area contributed by atoms with Crippen LogP contribution >= 0.6 is 11.8 Å². The average Bonchev–Trinajstić information content (AvgIpc) is 2.63. The molecule has 0 amide bonds. The summed E-state index contributed by atoms with van der Waals surface area (Å²) < 4.78 is 0. The summed E-state index contributed by atoms with van der Waals surface area (Å²) in [5, 5.41) is 9.08. The van der Waals surface area contributed by atoms with Gasteiger partial charge in [0.25, 0.3) is 0 Å². The topological polar surface area (TPSA) is 40.9 Å². The average molecular weight is 231 g/mol. The van der Waals surface area contributed by atoms with Crippen molar-refractivity contribution in [3.05, 3.63) is 29.8 Å². The Morgan fingerprint density at radius 1 is 1.38 bits per heavy atom. The maximum atomic E-state index is 11.4. The van der Waals surface area contributed by atoms with Crippen LogP contribution in [0.25, 0.3) is 0 Å². The second-order valence-corrected chi connectivity index (χ2v) is 5.39. The van der Waals surface area contributed by atoms with E-state index in [9.17, 15) is 4.79 Å². The van der Waals surface area contributed by atoms with Crippen molar-refractivity contribution < 1.29 is 4.79 Å². The van der Waals surface area contributed by atoms with Crippen LogP contribution < -0.4 is 0 Å². The van der Waals surface area contributed by atoms with Gasteiger partial charge in [-0.1, -0.05) is 17.7 Å². The normalized spacial score (nSPS) is 24.4. The van der Waals surface area contributed by atoms with E-state index in [4.69, 9.17) is 5.26 Å². The summed E-state index contributed by atoms with van der Waals surface area (Å²) in [6.45, 7) is 2.05. The van der Waals surface area contributed by atoms with Crippen LogP contribution in [-0.2, 0) is 4.79 Å². The van der Waals surface area contributed by atoms with Crippen LogP contribution in [0.3, 0.4) is 0 Å². The van der Waals surface area contributed by atoms with E-state index in [1.54, 1.807) is 11.8 Å². The SMILES string of the molecule is Cc1ccc(S[C@@H]2CCC(=O)[C@@H]2C#N)cc1. The van der Waals surface area contributed by atoms with Gasteiger partial charge in [0.1, 0.15) is 5.92 Å². The monoisotopic (exact) mass is 231 g/mol. The maximum Gasteiger partial charge on any atom is 0.151 e. The van der Waals surface area contributed by atoms with Gasteiger partial charge in [-0.25, -0.2) is 0 Å². The molecule has 0 N–H and O–H groups in total. The zero-order valence-corrected chi connectivity index (χ0v) is 9.96. The van der Waals surface area contributed by atoms with Crippen molar-refractivity contribution in [2.45, 2.75) is 29.9 Å². The number of benzene rings is 1. The molecule has 16 heavy (non-hydrogen) atoms. The molecule has 0 unspecified atom stereocenters. The highest BCUT2D eigenvalue weighted by Gasteiger charge is 2.35. The van der Waals surface area contributed by atoms with Crippen LogP contribution in [0, 0.1) is 24.2 Å². The van der Waals surface area contributed by atoms with Crippen LogP contribution in [0.2, 0.25) is 0 Å². The van der Waals surface area contributed by atoms with Gasteiger partial charge < -0.3 is 0 Å². The number of Topliss-reactive ketones (excluding diaryl/α,β-unsaturated/α-hetero) is 1. The van der Waals surface area contributed by atoms with Crippen molar-refractivity contribution in [3.63, 3.8) is 0 Å². The van der Waals surface area contributed by atoms with E-state index in [1.165, 1.54) is 5.56 Å². The molecule has 3 heteroatoms. The molecule has 1 aliphatic rings. The fourth-order valence-electron chi connectivity index (χ4n) is 1.89. The molecule has 0 spiro atoms. The highest BCUT2D eigenvalue weighted by molar-refractivity contribution is 8.00. The smallest absolute Gasteiger partial charge is 0.151 e. The van der Waals surface area contributed by atoms with Gasteiger partial charge in [-0.15, -0.1) is 11.8 Å². The van der Waals surface area contributed by atoms with E-state index >= 15 is 0 Å². The van der Waals surface area contributed by atoms with E-state index < -0.39 is 5.92 Å². The van der Waals surface area contributed by atoms with Crippen LogP contribution in [0.1, 0.15) is 18.4 Å². The molecule has 0 saturated heterocycles. The van der Waals surface area contributed by atoms with Gasteiger partial charge in [-0.3, -0.25) is 4.79 Å². The molecular weight excluding hydrogens is 218 g/mol. The van der Waals surface area contributed by atoms with Crippen molar-refractivity contribution >= 4 is 17.5 Å². The van der Waals surface area contributed by atoms with Gasteiger partial charge in [-0.2, -0.15) is 5.26 Å². The minimum atomic E-state index is -0.411. The number of aryl methyl sites for hydroxylation is 1. The first-order chi connectivity index (χ1) is 7.70. The Bertz CT molecular complexity index is 432. The lowest BCUT2D eigenvalue weighted by Gasteiger charge is -2.11. The van der Waals surface area contributed by atoms with Gasteiger partial charge in [0, 0.05) is 16.6 Å². The van der Waals surface area contributed by atoms with E-state index in [2.05, 4.69) is 30.3 Å². The summed E-state index contributed by atoms with van der Waals surface area (Å²) in [7, 11) is 0. The van der Waals surface area contributed by atoms with E-state index in [-0.39, 0.29) is 11.0 Å². The highest BCUT2D eigenvalue weighted by Crippen LogP contribution is 2.36. The Morgan fingerprint density at radius 2 is 2.06 bits per heavy atom. The van der Waals surface area contributed by atoms with E-state index in [0.717, 1.165) is 11.3 Å². The lowest BCUT2D eigenvalue weighted by molar-refractivity contribution is -0.119. The third kappa shape index (κ3) is 2.28. The van der Waals surface area contributed by atoms with Crippen molar-refractivity contribution in [3.8, 4) is 6.07 Å². The molecule has 0 bridgehead atoms. The summed E-state index contributed by atoms with van der Waals surface area (Å²) in [5.74, 6) is -0.307. The van der Waals surface area contributed by atoms with Crippen molar-refractivity contribution in [2.75, 3.05) is 0 Å². The summed E-state index contributed by atoms with van der Waals surface area (Å²) in [4.78, 5) is 12.6. The fourth-order valence-corrected chi connectivity index (χ4v) is 3.11. The first-order valence-corrected chi connectivity index (χ1v) is 6.24. The molecule has 0 aliphatic heterocycles.